The van der Waals surface area contributed by atoms with Crippen molar-refractivity contribution in [1.82, 2.24) is 0 Å². The third-order valence-electron chi connectivity index (χ3n) is 9.18. The van der Waals surface area contributed by atoms with Gasteiger partial charge in [-0.3, -0.25) is 28.8 Å². The van der Waals surface area contributed by atoms with Gasteiger partial charge in [-0.1, -0.05) is 6.07 Å². The van der Waals surface area contributed by atoms with Crippen molar-refractivity contribution in [2.75, 3.05) is 63.0 Å². The lowest BCUT2D eigenvalue weighted by Crippen LogP contribution is -2.37. The van der Waals surface area contributed by atoms with Crippen LogP contribution in [-0.4, -0.2) is 89.6 Å². The van der Waals surface area contributed by atoms with Gasteiger partial charge in [-0.15, -0.1) is 0 Å². The van der Waals surface area contributed by atoms with E-state index in [9.17, 15) is 33.6 Å². The van der Waals surface area contributed by atoms with E-state index in [0.717, 1.165) is 19.5 Å². The van der Waals surface area contributed by atoms with Crippen molar-refractivity contribution in [1.29, 1.82) is 0 Å². The number of nitrogens with zero attached hydrogens (tertiary/aromatic N) is 2. The Labute approximate surface area is 342 Å². The fourth-order valence-corrected chi connectivity index (χ4v) is 6.55. The maximum Gasteiger partial charge on any atom is 0.340 e. The summed E-state index contributed by atoms with van der Waals surface area (Å²) in [5.74, 6) is -3.88. The van der Waals surface area contributed by atoms with Crippen molar-refractivity contribution in [2.45, 2.75) is 26.4 Å². The molecule has 60 heavy (non-hydrogen) atoms. The Hall–Kier alpha value is -7.63. The van der Waals surface area contributed by atoms with Gasteiger partial charge >= 0.3 is 35.8 Å². The molecule has 4 aromatic rings. The number of methoxy groups -OCH3 is 1. The van der Waals surface area contributed by atoms with E-state index in [0.29, 0.717) is 28.2 Å². The normalized spacial score (nSPS) is 14.2. The number of hydrogen-bond donors (Lipinski definition) is 1. The summed E-state index contributed by atoms with van der Waals surface area (Å²) >= 11 is 0. The number of carbonyl (C=O) groups excluding carboxylic acids is 7. The predicted molar refractivity (Wildman–Crippen MR) is 209 cm³/mol. The molecule has 0 aliphatic carbocycles. The Kier molecular flexibility index (Phi) is 12.2. The van der Waals surface area contributed by atoms with Crippen molar-refractivity contribution in [3.8, 4) is 23.0 Å². The van der Waals surface area contributed by atoms with Crippen LogP contribution in [0, 0.1) is 0 Å². The highest BCUT2D eigenvalue weighted by Gasteiger charge is 2.54. The maximum absolute atomic E-state index is 13.8. The lowest BCUT2D eigenvalue weighted by Gasteiger charge is -2.37. The summed E-state index contributed by atoms with van der Waals surface area (Å²) in [6.45, 7) is 1.15. The summed E-state index contributed by atoms with van der Waals surface area (Å²) in [7, 11) is 5.07. The van der Waals surface area contributed by atoms with E-state index in [4.69, 9.17) is 28.4 Å². The number of benzene rings is 4. The molecule has 1 atom stereocenters. The molecule has 0 fully saturated rings. The summed E-state index contributed by atoms with van der Waals surface area (Å²) in [4.78, 5) is 89.9. The first-order valence-corrected chi connectivity index (χ1v) is 18.1. The molecule has 6 rings (SSSR count). The Balaban J connectivity index is 1.28. The SMILES string of the molecule is COc1cc(NC(=O)c2ccc3c(c2)C(=O)OC32c3ccc(OC(C)=O)cc3Oc3cc(N(C)C)ccc32)ccc1N(CC(=O)OCOC(C)=O)CC(=O)OCOC(C)=O. The van der Waals surface area contributed by atoms with Gasteiger partial charge in [0.1, 0.15) is 36.1 Å². The maximum atomic E-state index is 13.8. The van der Waals surface area contributed by atoms with E-state index < -0.39 is 74.0 Å². The zero-order chi connectivity index (χ0) is 43.3. The van der Waals surface area contributed by atoms with Crippen LogP contribution in [0.5, 0.6) is 23.0 Å². The lowest BCUT2D eigenvalue weighted by molar-refractivity contribution is -0.165. The highest BCUT2D eigenvalue weighted by Crippen LogP contribution is 2.57. The van der Waals surface area contributed by atoms with E-state index in [-0.39, 0.29) is 34.0 Å². The molecule has 0 bridgehead atoms. The molecule has 0 saturated carbocycles. The van der Waals surface area contributed by atoms with Gasteiger partial charge < -0.3 is 53.0 Å². The zero-order valence-corrected chi connectivity index (χ0v) is 33.3. The second-order valence-electron chi connectivity index (χ2n) is 13.5. The van der Waals surface area contributed by atoms with Crippen LogP contribution in [0.4, 0.5) is 17.1 Å². The molecule has 18 heteroatoms. The van der Waals surface area contributed by atoms with Crippen molar-refractivity contribution in [2.24, 2.45) is 0 Å². The minimum atomic E-state index is -1.47. The largest absolute Gasteiger partial charge is 0.495 e. The molecule has 1 N–H and O–H groups in total. The number of hydrogen-bond acceptors (Lipinski definition) is 17. The number of rotatable bonds is 14. The van der Waals surface area contributed by atoms with Crippen LogP contribution in [0.25, 0.3) is 0 Å². The highest BCUT2D eigenvalue weighted by molar-refractivity contribution is 6.07. The van der Waals surface area contributed by atoms with Crippen molar-refractivity contribution >= 4 is 58.8 Å². The fourth-order valence-electron chi connectivity index (χ4n) is 6.55. The van der Waals surface area contributed by atoms with Crippen molar-refractivity contribution in [3.63, 3.8) is 0 Å². The van der Waals surface area contributed by atoms with Crippen LogP contribution in [0.1, 0.15) is 58.2 Å². The molecule has 4 aromatic carbocycles. The average molecular weight is 826 g/mol. The number of amides is 1. The van der Waals surface area contributed by atoms with Gasteiger partial charge in [0.25, 0.3) is 5.91 Å². The van der Waals surface area contributed by atoms with Crippen LogP contribution in [0.3, 0.4) is 0 Å². The second-order valence-corrected chi connectivity index (χ2v) is 13.5. The zero-order valence-electron chi connectivity index (χ0n) is 33.3. The van der Waals surface area contributed by atoms with Crippen LogP contribution < -0.4 is 29.3 Å². The van der Waals surface area contributed by atoms with Crippen molar-refractivity contribution < 1.29 is 71.5 Å². The van der Waals surface area contributed by atoms with E-state index in [1.165, 1.54) is 43.2 Å². The molecule has 0 saturated heterocycles. The summed E-state index contributed by atoms with van der Waals surface area (Å²) in [6, 6.07) is 19.3. The molecule has 0 radical (unpaired) electrons. The first kappa shape index (κ1) is 42.0. The van der Waals surface area contributed by atoms with Crippen LogP contribution in [-0.2, 0) is 53.3 Å². The quantitative estimate of drug-likeness (QED) is 0.0806. The van der Waals surface area contributed by atoms with Crippen molar-refractivity contribution in [3.05, 3.63) is 101 Å². The fraction of sp³-hybridized carbons (Fsp3) is 0.262. The van der Waals surface area contributed by atoms with Gasteiger partial charge in [-0.05, 0) is 48.5 Å². The average Bonchev–Trinajstić information content (AvgIpc) is 3.48. The summed E-state index contributed by atoms with van der Waals surface area (Å²) in [6.07, 6.45) is 0. The molecule has 1 amide bonds. The standard InChI is InChI=1S/C42H39N3O15/c1-23(46)54-21-56-38(49)19-45(20-39(50)57-22-55-24(2)47)34-14-8-27(16-37(34)53-6)43-40(51)26-7-11-31-30(15-26)41(52)60-42(31)32-12-9-28(44(4)5)17-35(32)59-36-18-29(58-25(3)48)10-13-33(36)42/h7-18H,19-22H2,1-6H3,(H,43,51). The third kappa shape index (κ3) is 8.91. The van der Waals surface area contributed by atoms with E-state index >= 15 is 0 Å². The van der Waals surface area contributed by atoms with E-state index in [1.54, 1.807) is 36.4 Å². The number of carbonyl (C=O) groups is 7. The molecule has 1 unspecified atom stereocenters. The van der Waals surface area contributed by atoms with Crippen LogP contribution >= 0.6 is 0 Å². The molecule has 18 nitrogen and oxygen atoms in total. The lowest BCUT2D eigenvalue weighted by atomic mass is 9.77. The van der Waals surface area contributed by atoms with Gasteiger partial charge in [0.05, 0.1) is 18.4 Å². The minimum absolute atomic E-state index is 0.110. The molecule has 2 aliphatic rings. The smallest absolute Gasteiger partial charge is 0.340 e. The Morgan fingerprint density at radius 3 is 1.92 bits per heavy atom. The summed E-state index contributed by atoms with van der Waals surface area (Å²) in [5, 5.41) is 2.77. The van der Waals surface area contributed by atoms with Gasteiger partial charge in [0.15, 0.2) is 5.60 Å². The van der Waals surface area contributed by atoms with E-state index in [2.05, 4.69) is 14.8 Å². The summed E-state index contributed by atoms with van der Waals surface area (Å²) in [5.41, 5.74) is 1.49. The monoisotopic (exact) mass is 825 g/mol. The molecule has 312 valence electrons. The number of nitrogens with one attached hydrogen (secondary N) is 1. The van der Waals surface area contributed by atoms with Gasteiger partial charge in [-0.25, -0.2) is 4.79 Å². The second kappa shape index (κ2) is 17.5. The predicted octanol–water partition coefficient (Wildman–Crippen LogP) is 4.44. The topological polar surface area (TPSA) is 212 Å². The Bertz CT molecular complexity index is 2380. The minimum Gasteiger partial charge on any atom is -0.495 e. The molecule has 2 aliphatic heterocycles. The molecule has 1 spiro atoms. The highest BCUT2D eigenvalue weighted by atomic mass is 16.7. The Morgan fingerprint density at radius 2 is 1.32 bits per heavy atom. The molecule has 2 heterocycles. The number of ether oxygens (including phenoxy) is 8. The summed E-state index contributed by atoms with van der Waals surface area (Å²) < 4.78 is 42.6. The number of fused-ring (bicyclic) bond motifs is 6. The third-order valence-corrected chi connectivity index (χ3v) is 9.18. The molecular weight excluding hydrogens is 786 g/mol. The van der Waals surface area contributed by atoms with E-state index in [1.807, 2.05) is 31.1 Å². The molecular formula is C42H39N3O15. The van der Waals surface area contributed by atoms with Gasteiger partial charge in [0, 0.05) is 86.7 Å². The first-order chi connectivity index (χ1) is 28.6. The van der Waals surface area contributed by atoms with Gasteiger partial charge in [-0.2, -0.15) is 0 Å². The first-order valence-electron chi connectivity index (χ1n) is 18.1. The van der Waals surface area contributed by atoms with Crippen LogP contribution in [0.15, 0.2) is 72.8 Å². The Morgan fingerprint density at radius 1 is 0.700 bits per heavy atom. The number of anilines is 3. The molecule has 0 aromatic heterocycles. The van der Waals surface area contributed by atoms with Crippen LogP contribution in [0.2, 0.25) is 0 Å². The van der Waals surface area contributed by atoms with Gasteiger partial charge in [0.2, 0.25) is 13.6 Å². The number of esters is 6.